The maximum Gasteiger partial charge on any atom is 0.401 e. The van der Waals surface area contributed by atoms with Gasteiger partial charge in [0.2, 0.25) is 0 Å². The number of rotatable bonds is 6. The van der Waals surface area contributed by atoms with E-state index in [2.05, 4.69) is 15.9 Å². The molecule has 19 heavy (non-hydrogen) atoms. The molecule has 0 N–H and O–H groups in total. The Balaban J connectivity index is 2.77. The van der Waals surface area contributed by atoms with Gasteiger partial charge in [0.1, 0.15) is 0 Å². The number of nitrogens with zero attached hydrogens (tertiary/aromatic N) is 1. The number of hydrogen-bond donors (Lipinski definition) is 0. The molecule has 0 spiro atoms. The second kappa shape index (κ2) is 6.65. The fraction of sp³-hybridized carbons (Fsp3) is 0.500. The summed E-state index contributed by atoms with van der Waals surface area (Å²) in [6.45, 7) is -2.40. The van der Waals surface area contributed by atoms with Crippen LogP contribution in [-0.2, 0) is 5.92 Å². The number of halogens is 6. The van der Waals surface area contributed by atoms with E-state index in [-0.39, 0.29) is 17.4 Å². The molecule has 0 aliphatic heterocycles. The monoisotopic (exact) mass is 345 g/mol. The predicted molar refractivity (Wildman–Crippen MR) is 66.6 cm³/mol. The Kier molecular flexibility index (Phi) is 5.73. The molecule has 108 valence electrons. The Bertz CT molecular complexity index is 379. The zero-order valence-electron chi connectivity index (χ0n) is 9.93. The Morgan fingerprint density at radius 2 is 1.53 bits per heavy atom. The molecule has 0 fully saturated rings. The van der Waals surface area contributed by atoms with E-state index in [0.717, 1.165) is 0 Å². The molecule has 0 saturated carbocycles. The van der Waals surface area contributed by atoms with Crippen LogP contribution in [0.1, 0.15) is 5.56 Å². The fourth-order valence-electron chi connectivity index (χ4n) is 1.64. The minimum atomic E-state index is -4.49. The van der Waals surface area contributed by atoms with Gasteiger partial charge in [0, 0.05) is 17.4 Å². The lowest BCUT2D eigenvalue weighted by Crippen LogP contribution is -2.42. The summed E-state index contributed by atoms with van der Waals surface area (Å²) in [5.74, 6) is -3.31. The molecule has 0 heterocycles. The molecular weight excluding hydrogens is 333 g/mol. The molecule has 0 bridgehead atoms. The first-order valence-corrected chi connectivity index (χ1v) is 6.65. The second-order valence-corrected chi connectivity index (χ2v) is 4.88. The third-order valence-electron chi connectivity index (χ3n) is 2.42. The second-order valence-electron chi connectivity index (χ2n) is 4.09. The minimum absolute atomic E-state index is 0.0953. The third kappa shape index (κ3) is 5.86. The summed E-state index contributed by atoms with van der Waals surface area (Å²) >= 11 is 2.97. The zero-order chi connectivity index (χ0) is 14.5. The Labute approximate surface area is 116 Å². The van der Waals surface area contributed by atoms with Crippen LogP contribution in [0.2, 0.25) is 0 Å². The standard InChI is InChI=1S/C12H13BrF5N/c13-6-7-19(9-12(16,17)18)8-11(14,15)10-4-2-1-3-5-10/h1-5H,6-9H2. The number of hydrogen-bond acceptors (Lipinski definition) is 1. The fourth-order valence-corrected chi connectivity index (χ4v) is 2.14. The highest BCUT2D eigenvalue weighted by Crippen LogP contribution is 2.30. The van der Waals surface area contributed by atoms with E-state index in [0.29, 0.717) is 4.90 Å². The van der Waals surface area contributed by atoms with Crippen molar-refractivity contribution in [3.8, 4) is 0 Å². The van der Waals surface area contributed by atoms with E-state index in [1.807, 2.05) is 0 Å². The van der Waals surface area contributed by atoms with Crippen molar-refractivity contribution in [2.45, 2.75) is 12.1 Å². The normalized spacial score (nSPS) is 13.0. The Morgan fingerprint density at radius 1 is 0.947 bits per heavy atom. The van der Waals surface area contributed by atoms with Gasteiger partial charge in [0.05, 0.1) is 13.1 Å². The maximum atomic E-state index is 13.9. The summed E-state index contributed by atoms with van der Waals surface area (Å²) < 4.78 is 64.7. The summed E-state index contributed by atoms with van der Waals surface area (Å²) in [6, 6.07) is 6.86. The minimum Gasteiger partial charge on any atom is -0.288 e. The average Bonchev–Trinajstić information content (AvgIpc) is 2.27. The van der Waals surface area contributed by atoms with Crippen molar-refractivity contribution in [3.63, 3.8) is 0 Å². The molecule has 0 amide bonds. The molecule has 1 aromatic carbocycles. The molecule has 1 aromatic rings. The first-order valence-electron chi connectivity index (χ1n) is 5.53. The molecule has 7 heteroatoms. The molecular formula is C12H13BrF5N. The van der Waals surface area contributed by atoms with Crippen LogP contribution >= 0.6 is 15.9 Å². The van der Waals surface area contributed by atoms with E-state index in [1.54, 1.807) is 6.07 Å². The predicted octanol–water partition coefficient (Wildman–Crippen LogP) is 4.04. The van der Waals surface area contributed by atoms with E-state index >= 15 is 0 Å². The summed E-state index contributed by atoms with van der Waals surface area (Å²) in [5, 5.41) is 0.202. The van der Waals surface area contributed by atoms with E-state index in [1.165, 1.54) is 24.3 Å². The lowest BCUT2D eigenvalue weighted by molar-refractivity contribution is -0.155. The molecule has 0 aromatic heterocycles. The average molecular weight is 346 g/mol. The van der Waals surface area contributed by atoms with Gasteiger partial charge in [-0.05, 0) is 0 Å². The molecule has 0 atom stereocenters. The van der Waals surface area contributed by atoms with E-state index < -0.39 is 25.2 Å². The summed E-state index contributed by atoms with van der Waals surface area (Å²) in [5.41, 5.74) is -0.281. The van der Waals surface area contributed by atoms with Crippen LogP contribution < -0.4 is 0 Å². The number of benzene rings is 1. The van der Waals surface area contributed by atoms with Gasteiger partial charge in [0.25, 0.3) is 5.92 Å². The first kappa shape index (κ1) is 16.4. The SMILES string of the molecule is FC(F)(F)CN(CCBr)CC(F)(F)c1ccccc1. The van der Waals surface area contributed by atoms with Crippen molar-refractivity contribution >= 4 is 15.9 Å². The third-order valence-corrected chi connectivity index (χ3v) is 2.78. The zero-order valence-corrected chi connectivity index (χ0v) is 11.5. The smallest absolute Gasteiger partial charge is 0.288 e. The van der Waals surface area contributed by atoms with Crippen LogP contribution in [0.4, 0.5) is 22.0 Å². The molecule has 1 rings (SSSR count). The molecule has 0 aliphatic carbocycles. The summed E-state index contributed by atoms with van der Waals surface area (Å²) in [6.07, 6.45) is -4.49. The highest BCUT2D eigenvalue weighted by Gasteiger charge is 2.38. The van der Waals surface area contributed by atoms with Crippen molar-refractivity contribution in [2.24, 2.45) is 0 Å². The van der Waals surface area contributed by atoms with Crippen LogP contribution in [0.3, 0.4) is 0 Å². The molecule has 1 nitrogen and oxygen atoms in total. The van der Waals surface area contributed by atoms with Gasteiger partial charge in [-0.15, -0.1) is 0 Å². The maximum absolute atomic E-state index is 13.9. The summed E-state index contributed by atoms with van der Waals surface area (Å²) in [4.78, 5) is 0.696. The highest BCUT2D eigenvalue weighted by molar-refractivity contribution is 9.09. The van der Waals surface area contributed by atoms with Crippen molar-refractivity contribution in [2.75, 3.05) is 25.0 Å². The summed E-state index contributed by atoms with van der Waals surface area (Å²) in [7, 11) is 0. The van der Waals surface area contributed by atoms with Crippen molar-refractivity contribution < 1.29 is 22.0 Å². The van der Waals surface area contributed by atoms with Crippen LogP contribution in [-0.4, -0.2) is 36.0 Å². The van der Waals surface area contributed by atoms with Crippen molar-refractivity contribution in [1.29, 1.82) is 0 Å². The molecule has 0 aliphatic rings. The van der Waals surface area contributed by atoms with Gasteiger partial charge in [-0.2, -0.15) is 22.0 Å². The molecule has 0 saturated heterocycles. The molecule has 0 radical (unpaired) electrons. The van der Waals surface area contributed by atoms with Crippen LogP contribution in [0, 0.1) is 0 Å². The van der Waals surface area contributed by atoms with Gasteiger partial charge >= 0.3 is 6.18 Å². The topological polar surface area (TPSA) is 3.24 Å². The largest absolute Gasteiger partial charge is 0.401 e. The van der Waals surface area contributed by atoms with Gasteiger partial charge < -0.3 is 0 Å². The van der Waals surface area contributed by atoms with Crippen molar-refractivity contribution in [3.05, 3.63) is 35.9 Å². The van der Waals surface area contributed by atoms with Crippen LogP contribution in [0.5, 0.6) is 0 Å². The lowest BCUT2D eigenvalue weighted by atomic mass is 10.1. The van der Waals surface area contributed by atoms with Gasteiger partial charge in [-0.1, -0.05) is 46.3 Å². The van der Waals surface area contributed by atoms with Gasteiger partial charge in [0.15, 0.2) is 0 Å². The van der Waals surface area contributed by atoms with Crippen molar-refractivity contribution in [1.82, 2.24) is 4.90 Å². The van der Waals surface area contributed by atoms with Gasteiger partial charge in [-0.3, -0.25) is 4.90 Å². The first-order chi connectivity index (χ1) is 8.74. The van der Waals surface area contributed by atoms with Gasteiger partial charge in [-0.25, -0.2) is 0 Å². The lowest BCUT2D eigenvalue weighted by Gasteiger charge is -2.27. The molecule has 0 unspecified atom stereocenters. The van der Waals surface area contributed by atoms with Crippen LogP contribution in [0.25, 0.3) is 0 Å². The quantitative estimate of drug-likeness (QED) is 0.555. The van der Waals surface area contributed by atoms with E-state index in [9.17, 15) is 22.0 Å². The highest BCUT2D eigenvalue weighted by atomic mass is 79.9. The van der Waals surface area contributed by atoms with E-state index in [4.69, 9.17) is 0 Å². The Morgan fingerprint density at radius 3 is 2.00 bits per heavy atom. The van der Waals surface area contributed by atoms with Crippen LogP contribution in [0.15, 0.2) is 30.3 Å². The Hall–Kier alpha value is -0.690. The number of alkyl halides is 6.